The van der Waals surface area contributed by atoms with E-state index in [0.717, 1.165) is 18.4 Å². The Hall–Kier alpha value is -2.17. The SMILES string of the molecule is O=C(O)CCCc1nc2cc3c(cc2c(=O)[nH]1)CCCC3. The Morgan fingerprint density at radius 1 is 1.24 bits per heavy atom. The summed E-state index contributed by atoms with van der Waals surface area (Å²) >= 11 is 0. The van der Waals surface area contributed by atoms with Gasteiger partial charge < -0.3 is 10.1 Å². The predicted molar refractivity (Wildman–Crippen MR) is 79.6 cm³/mol. The second-order valence-corrected chi connectivity index (χ2v) is 5.61. The van der Waals surface area contributed by atoms with E-state index >= 15 is 0 Å². The molecule has 0 radical (unpaired) electrons. The Labute approximate surface area is 122 Å². The smallest absolute Gasteiger partial charge is 0.303 e. The number of rotatable bonds is 4. The van der Waals surface area contributed by atoms with Crippen molar-refractivity contribution in [2.45, 2.75) is 44.9 Å². The van der Waals surface area contributed by atoms with Crippen LogP contribution in [0, 0.1) is 0 Å². The number of nitrogens with zero attached hydrogens (tertiary/aromatic N) is 1. The summed E-state index contributed by atoms with van der Waals surface area (Å²) in [5.74, 6) is -0.253. The van der Waals surface area contributed by atoms with Gasteiger partial charge in [0.05, 0.1) is 10.9 Å². The molecule has 21 heavy (non-hydrogen) atoms. The molecule has 1 aliphatic rings. The van der Waals surface area contributed by atoms with Crippen LogP contribution in [0.3, 0.4) is 0 Å². The van der Waals surface area contributed by atoms with Crippen molar-refractivity contribution in [3.63, 3.8) is 0 Å². The highest BCUT2D eigenvalue weighted by Crippen LogP contribution is 2.24. The summed E-state index contributed by atoms with van der Waals surface area (Å²) in [7, 11) is 0. The van der Waals surface area contributed by atoms with Gasteiger partial charge in [0.25, 0.3) is 5.56 Å². The van der Waals surface area contributed by atoms with Gasteiger partial charge in [0.2, 0.25) is 0 Å². The van der Waals surface area contributed by atoms with Crippen LogP contribution < -0.4 is 5.56 Å². The average molecular weight is 286 g/mol. The molecule has 0 fully saturated rings. The van der Waals surface area contributed by atoms with Crippen molar-refractivity contribution in [3.05, 3.63) is 39.4 Å². The van der Waals surface area contributed by atoms with E-state index in [1.54, 1.807) is 0 Å². The van der Waals surface area contributed by atoms with E-state index in [4.69, 9.17) is 5.11 Å². The number of carboxylic acids is 1. The summed E-state index contributed by atoms with van der Waals surface area (Å²) in [6, 6.07) is 4.00. The molecule has 0 saturated heterocycles. The van der Waals surface area contributed by atoms with Crippen molar-refractivity contribution in [1.82, 2.24) is 9.97 Å². The Balaban J connectivity index is 1.95. The van der Waals surface area contributed by atoms with E-state index in [0.29, 0.717) is 24.1 Å². The summed E-state index contributed by atoms with van der Waals surface area (Å²) < 4.78 is 0. The van der Waals surface area contributed by atoms with Gasteiger partial charge in [-0.2, -0.15) is 0 Å². The highest BCUT2D eigenvalue weighted by Gasteiger charge is 2.13. The minimum atomic E-state index is -0.827. The van der Waals surface area contributed by atoms with E-state index in [1.165, 1.54) is 24.0 Å². The van der Waals surface area contributed by atoms with Gasteiger partial charge >= 0.3 is 5.97 Å². The Morgan fingerprint density at radius 3 is 2.67 bits per heavy atom. The summed E-state index contributed by atoms with van der Waals surface area (Å²) in [5.41, 5.74) is 3.16. The molecule has 3 rings (SSSR count). The fourth-order valence-corrected chi connectivity index (χ4v) is 2.94. The van der Waals surface area contributed by atoms with Crippen LogP contribution in [0.15, 0.2) is 16.9 Å². The van der Waals surface area contributed by atoms with E-state index in [1.807, 2.05) is 12.1 Å². The number of fused-ring (bicyclic) bond motifs is 2. The molecule has 0 saturated carbocycles. The number of hydrogen-bond acceptors (Lipinski definition) is 3. The second-order valence-electron chi connectivity index (χ2n) is 5.61. The molecule has 0 bridgehead atoms. The summed E-state index contributed by atoms with van der Waals surface area (Å²) in [4.78, 5) is 30.0. The summed E-state index contributed by atoms with van der Waals surface area (Å²) in [6.07, 6.45) is 5.50. The third kappa shape index (κ3) is 2.96. The number of aliphatic carboxylic acids is 1. The second kappa shape index (κ2) is 5.68. The fourth-order valence-electron chi connectivity index (χ4n) is 2.94. The first-order valence-corrected chi connectivity index (χ1v) is 7.40. The number of nitrogens with one attached hydrogen (secondary N) is 1. The van der Waals surface area contributed by atoms with Crippen LogP contribution in [0.5, 0.6) is 0 Å². The molecule has 0 atom stereocenters. The van der Waals surface area contributed by atoms with Gasteiger partial charge in [0.1, 0.15) is 5.82 Å². The number of aryl methyl sites for hydroxylation is 3. The van der Waals surface area contributed by atoms with E-state index in [2.05, 4.69) is 9.97 Å². The molecule has 5 nitrogen and oxygen atoms in total. The van der Waals surface area contributed by atoms with Crippen LogP contribution in [0.4, 0.5) is 0 Å². The lowest BCUT2D eigenvalue weighted by atomic mass is 9.90. The molecule has 0 spiro atoms. The Bertz CT molecular complexity index is 749. The van der Waals surface area contributed by atoms with E-state index in [-0.39, 0.29) is 12.0 Å². The highest BCUT2D eigenvalue weighted by molar-refractivity contribution is 5.79. The van der Waals surface area contributed by atoms with Crippen LogP contribution in [0.1, 0.15) is 42.6 Å². The monoisotopic (exact) mass is 286 g/mol. The first-order valence-electron chi connectivity index (χ1n) is 7.40. The highest BCUT2D eigenvalue weighted by atomic mass is 16.4. The van der Waals surface area contributed by atoms with Crippen LogP contribution >= 0.6 is 0 Å². The lowest BCUT2D eigenvalue weighted by Crippen LogP contribution is -2.14. The van der Waals surface area contributed by atoms with Crippen molar-refractivity contribution >= 4 is 16.9 Å². The maximum Gasteiger partial charge on any atom is 0.303 e. The van der Waals surface area contributed by atoms with Gasteiger partial charge in [-0.3, -0.25) is 9.59 Å². The Morgan fingerprint density at radius 2 is 1.95 bits per heavy atom. The van der Waals surface area contributed by atoms with Gasteiger partial charge in [-0.25, -0.2) is 4.98 Å². The first kappa shape index (κ1) is 13.8. The molecule has 5 heteroatoms. The number of benzene rings is 1. The largest absolute Gasteiger partial charge is 0.481 e. The zero-order chi connectivity index (χ0) is 14.8. The number of carboxylic acid groups (broad SMARTS) is 1. The van der Waals surface area contributed by atoms with Crippen LogP contribution in [0.2, 0.25) is 0 Å². The first-order chi connectivity index (χ1) is 10.1. The van der Waals surface area contributed by atoms with Crippen molar-refractivity contribution in [2.24, 2.45) is 0 Å². The lowest BCUT2D eigenvalue weighted by Gasteiger charge is -2.16. The quantitative estimate of drug-likeness (QED) is 0.902. The van der Waals surface area contributed by atoms with Gasteiger partial charge in [-0.1, -0.05) is 0 Å². The zero-order valence-electron chi connectivity index (χ0n) is 11.8. The van der Waals surface area contributed by atoms with Crippen molar-refractivity contribution in [1.29, 1.82) is 0 Å². The van der Waals surface area contributed by atoms with E-state index < -0.39 is 5.97 Å². The lowest BCUT2D eigenvalue weighted by molar-refractivity contribution is -0.137. The fraction of sp³-hybridized carbons (Fsp3) is 0.438. The molecular weight excluding hydrogens is 268 g/mol. The van der Waals surface area contributed by atoms with Crippen molar-refractivity contribution in [3.8, 4) is 0 Å². The van der Waals surface area contributed by atoms with Crippen LogP contribution in [-0.4, -0.2) is 21.0 Å². The van der Waals surface area contributed by atoms with Crippen molar-refractivity contribution < 1.29 is 9.90 Å². The molecule has 110 valence electrons. The molecule has 2 aromatic rings. The summed E-state index contributed by atoms with van der Waals surface area (Å²) in [6.45, 7) is 0. The molecule has 0 aliphatic heterocycles. The molecule has 1 aromatic heterocycles. The average Bonchev–Trinajstić information content (AvgIpc) is 2.45. The molecule has 2 N–H and O–H groups in total. The number of hydrogen-bond donors (Lipinski definition) is 2. The number of aromatic nitrogens is 2. The topological polar surface area (TPSA) is 83.0 Å². The predicted octanol–water partition coefficient (Wildman–Crippen LogP) is 2.21. The molecular formula is C16H18N2O3. The third-order valence-electron chi connectivity index (χ3n) is 4.02. The van der Waals surface area contributed by atoms with E-state index in [9.17, 15) is 9.59 Å². The maximum absolute atomic E-state index is 12.2. The number of H-pyrrole nitrogens is 1. The molecule has 1 heterocycles. The molecule has 1 aromatic carbocycles. The molecule has 1 aliphatic carbocycles. The number of carbonyl (C=O) groups is 1. The standard InChI is InChI=1S/C16H18N2O3/c19-15(20)7-3-6-14-17-13-9-11-5-2-1-4-10(11)8-12(13)16(21)18-14/h8-9H,1-7H2,(H,19,20)(H,17,18,21). The maximum atomic E-state index is 12.2. The number of aromatic amines is 1. The molecule has 0 amide bonds. The Kier molecular flexibility index (Phi) is 3.73. The minimum Gasteiger partial charge on any atom is -0.481 e. The van der Waals surface area contributed by atoms with Crippen molar-refractivity contribution in [2.75, 3.05) is 0 Å². The van der Waals surface area contributed by atoms with Gasteiger partial charge in [-0.15, -0.1) is 0 Å². The van der Waals surface area contributed by atoms with Gasteiger partial charge in [0, 0.05) is 12.8 Å². The molecule has 0 unspecified atom stereocenters. The normalized spacial score (nSPS) is 14.1. The zero-order valence-corrected chi connectivity index (χ0v) is 11.8. The van der Waals surface area contributed by atoms with Gasteiger partial charge in [-0.05, 0) is 55.4 Å². The van der Waals surface area contributed by atoms with Gasteiger partial charge in [0.15, 0.2) is 0 Å². The van der Waals surface area contributed by atoms with Crippen LogP contribution in [0.25, 0.3) is 10.9 Å². The van der Waals surface area contributed by atoms with Crippen LogP contribution in [-0.2, 0) is 24.1 Å². The minimum absolute atomic E-state index is 0.0892. The summed E-state index contributed by atoms with van der Waals surface area (Å²) in [5, 5.41) is 9.29. The third-order valence-corrected chi connectivity index (χ3v) is 4.02.